The van der Waals surface area contributed by atoms with Gasteiger partial charge in [0.15, 0.2) is 0 Å². The fraction of sp³-hybridized carbons (Fsp3) is 0.0714. The number of allylic oxidation sites excluding steroid dienone is 1. The van der Waals surface area contributed by atoms with Crippen molar-refractivity contribution in [3.8, 4) is 0 Å². The lowest BCUT2D eigenvalue weighted by atomic mass is 10.1. The fourth-order valence-electron chi connectivity index (χ4n) is 1.54. The van der Waals surface area contributed by atoms with Crippen molar-refractivity contribution in [1.29, 1.82) is 0 Å². The minimum Gasteiger partial charge on any atom is -0.281 e. The minimum absolute atomic E-state index is 0.0896. The summed E-state index contributed by atoms with van der Waals surface area (Å²) in [7, 11) is -4.16. The van der Waals surface area contributed by atoms with Crippen LogP contribution in [0.4, 0.5) is 0 Å². The molecular weight excluding hydrogens is 296 g/mol. The van der Waals surface area contributed by atoms with Gasteiger partial charge < -0.3 is 0 Å². The normalized spacial score (nSPS) is 11.9. The summed E-state index contributed by atoms with van der Waals surface area (Å²) in [5.41, 5.74) is 1.78. The Morgan fingerprint density at radius 2 is 1.85 bits per heavy atom. The monoisotopic (exact) mass is 309 g/mol. The number of ketones is 1. The van der Waals surface area contributed by atoms with Gasteiger partial charge in [-0.1, -0.05) is 17.7 Å². The van der Waals surface area contributed by atoms with Gasteiger partial charge in [0, 0.05) is 11.0 Å². The summed E-state index contributed by atoms with van der Waals surface area (Å²) >= 11 is 0.930. The molecule has 0 radical (unpaired) electrons. The first-order valence-corrected chi connectivity index (χ1v) is 8.00. The van der Waals surface area contributed by atoms with Crippen molar-refractivity contribution < 1.29 is 17.8 Å². The quantitative estimate of drug-likeness (QED) is 0.408. The van der Waals surface area contributed by atoms with Crippen molar-refractivity contribution in [3.63, 3.8) is 0 Å². The molecule has 2 N–H and O–H groups in total. The third kappa shape index (κ3) is 3.63. The van der Waals surface area contributed by atoms with Gasteiger partial charge in [0.05, 0.1) is 5.56 Å². The maximum Gasteiger partial charge on any atom is 0.347 e. The number of carbonyl (C=O) groups excluding carboxylic acids is 1. The van der Waals surface area contributed by atoms with Crippen molar-refractivity contribution in [3.05, 3.63) is 58.5 Å². The van der Waals surface area contributed by atoms with E-state index in [-0.39, 0.29) is 9.99 Å². The van der Waals surface area contributed by atoms with E-state index in [1.165, 1.54) is 12.1 Å². The van der Waals surface area contributed by atoms with Gasteiger partial charge in [-0.25, -0.2) is 0 Å². The number of rotatable bonds is 4. The van der Waals surface area contributed by atoms with E-state index in [4.69, 9.17) is 4.55 Å². The van der Waals surface area contributed by atoms with Crippen molar-refractivity contribution >= 4 is 33.3 Å². The molecule has 0 amide bonds. The molecule has 1 heterocycles. The van der Waals surface area contributed by atoms with Gasteiger partial charge in [-0.2, -0.15) is 8.42 Å². The molecule has 0 bridgehead atoms. The first-order chi connectivity index (χ1) is 9.36. The van der Waals surface area contributed by atoms with Crippen molar-refractivity contribution in [1.82, 2.24) is 0 Å². The predicted octanol–water partition coefficient (Wildman–Crippen LogP) is 2.91. The average molecular weight is 309 g/mol. The van der Waals surface area contributed by atoms with Crippen LogP contribution in [0.15, 0.2) is 46.7 Å². The molecule has 0 saturated heterocycles. The third-order valence-electron chi connectivity index (χ3n) is 2.61. The van der Waals surface area contributed by atoms with E-state index >= 15 is 0 Å². The van der Waals surface area contributed by atoms with Crippen LogP contribution >= 0.6 is 11.3 Å². The van der Waals surface area contributed by atoms with E-state index in [1.807, 2.05) is 19.1 Å². The first kappa shape index (κ1) is 14.6. The van der Waals surface area contributed by atoms with Crippen LogP contribution in [0.25, 0.3) is 6.08 Å². The molecule has 4 nitrogen and oxygen atoms in total. The Kier molecular flexibility index (Phi) is 4.17. The van der Waals surface area contributed by atoms with Gasteiger partial charge in [-0.3, -0.25) is 9.35 Å². The Morgan fingerprint density at radius 1 is 1.20 bits per heavy atom. The van der Waals surface area contributed by atoms with Crippen LogP contribution in [-0.4, -0.2) is 23.5 Å². The molecular formula is C14H13O4S2+. The maximum absolute atomic E-state index is 10.9. The highest BCUT2D eigenvalue weighted by atomic mass is 32.3. The van der Waals surface area contributed by atoms with Crippen LogP contribution < -0.4 is 0 Å². The zero-order chi connectivity index (χ0) is 14.8. The van der Waals surface area contributed by atoms with E-state index in [0.717, 1.165) is 16.9 Å². The van der Waals surface area contributed by atoms with E-state index < -0.39 is 10.1 Å². The number of hydrogen-bond donors (Lipinski definition) is 1. The summed E-state index contributed by atoms with van der Waals surface area (Å²) < 4.78 is 30.6. The number of thiophene rings is 1. The van der Waals surface area contributed by atoms with Crippen LogP contribution in [0.3, 0.4) is 0 Å². The summed E-state index contributed by atoms with van der Waals surface area (Å²) in [4.78, 5) is 10.5. The molecule has 2 rings (SSSR count). The van der Waals surface area contributed by atoms with Crippen molar-refractivity contribution in [2.75, 3.05) is 0 Å². The van der Waals surface area contributed by atoms with Crippen molar-refractivity contribution in [2.45, 2.75) is 11.1 Å². The lowest BCUT2D eigenvalue weighted by molar-refractivity contribution is 0.485. The molecule has 20 heavy (non-hydrogen) atoms. The van der Waals surface area contributed by atoms with Crippen LogP contribution in [-0.2, 0) is 10.1 Å². The van der Waals surface area contributed by atoms with Gasteiger partial charge in [-0.15, -0.1) is 11.3 Å². The largest absolute Gasteiger partial charge is 0.347 e. The molecule has 1 aromatic heterocycles. The lowest BCUT2D eigenvalue weighted by Crippen LogP contribution is -1.95. The smallest absolute Gasteiger partial charge is 0.281 e. The van der Waals surface area contributed by atoms with Gasteiger partial charge in [-0.05, 0) is 37.3 Å². The highest BCUT2D eigenvalue weighted by Gasteiger charge is 2.12. The molecule has 0 aliphatic heterocycles. The Morgan fingerprint density at radius 3 is 2.40 bits per heavy atom. The zero-order valence-corrected chi connectivity index (χ0v) is 12.3. The molecule has 0 aliphatic rings. The van der Waals surface area contributed by atoms with E-state index in [2.05, 4.69) is 0 Å². The maximum atomic E-state index is 10.9. The van der Waals surface area contributed by atoms with Crippen molar-refractivity contribution in [2.24, 2.45) is 0 Å². The third-order valence-corrected chi connectivity index (χ3v) is 4.98. The molecule has 0 aliphatic carbocycles. The molecule has 104 valence electrons. The second kappa shape index (κ2) is 5.70. The van der Waals surface area contributed by atoms with Crippen LogP contribution in [0.2, 0.25) is 0 Å². The second-order valence-corrected chi connectivity index (χ2v) is 6.98. The van der Waals surface area contributed by atoms with Gasteiger partial charge in [0.1, 0.15) is 4.21 Å². The Hall–Kier alpha value is -1.76. The lowest BCUT2D eigenvalue weighted by Gasteiger charge is -1.92. The summed E-state index contributed by atoms with van der Waals surface area (Å²) in [6, 6.07) is 10.3. The Bertz CT molecular complexity index is 753. The average Bonchev–Trinajstić information content (AvgIpc) is 2.85. The summed E-state index contributed by atoms with van der Waals surface area (Å²) in [5.74, 6) is 0.0896. The fourth-order valence-corrected chi connectivity index (χ4v) is 3.13. The standard InChI is InChI=1S/C14H12O4S2/c1-10-2-4-11(5-3-10)13(15)8-6-12-7-9-14(19-12)20(16,17)18/h2-9H,1H3,(H,16,17,18)/p+1/b8-6+. The van der Waals surface area contributed by atoms with E-state index in [9.17, 15) is 13.2 Å². The topological polar surface area (TPSA) is 75.8 Å². The molecule has 1 aromatic carbocycles. The summed E-state index contributed by atoms with van der Waals surface area (Å²) in [6.07, 6.45) is 3.08. The first-order valence-electron chi connectivity index (χ1n) is 5.74. The number of hydrogen-bond acceptors (Lipinski definition) is 3. The Labute approximate surface area is 121 Å². The SMILES string of the molecule is Cc1ccc(C(=[OH+])/C=C/c2ccc(S(=O)(=O)O)s2)cc1. The molecule has 0 unspecified atom stereocenters. The van der Waals surface area contributed by atoms with E-state index in [1.54, 1.807) is 24.3 Å². The highest BCUT2D eigenvalue weighted by molar-refractivity contribution is 7.88. The predicted molar refractivity (Wildman–Crippen MR) is 80.4 cm³/mol. The summed E-state index contributed by atoms with van der Waals surface area (Å²) in [5, 5.41) is 0. The summed E-state index contributed by atoms with van der Waals surface area (Å²) in [6.45, 7) is 1.96. The minimum atomic E-state index is -4.16. The highest BCUT2D eigenvalue weighted by Crippen LogP contribution is 2.22. The molecule has 0 spiro atoms. The van der Waals surface area contributed by atoms with E-state index in [0.29, 0.717) is 10.4 Å². The van der Waals surface area contributed by atoms with Gasteiger partial charge in [0.2, 0.25) is 0 Å². The molecule has 2 aromatic rings. The number of benzene rings is 1. The van der Waals surface area contributed by atoms with Gasteiger partial charge in [0.25, 0.3) is 0 Å². The molecule has 6 heteroatoms. The molecule has 0 saturated carbocycles. The second-order valence-electron chi connectivity index (χ2n) is 4.22. The van der Waals surface area contributed by atoms with Crippen LogP contribution in [0.5, 0.6) is 0 Å². The molecule has 0 fully saturated rings. The zero-order valence-electron chi connectivity index (χ0n) is 10.6. The Balaban J connectivity index is 2.15. The van der Waals surface area contributed by atoms with Crippen LogP contribution in [0, 0.1) is 6.92 Å². The van der Waals surface area contributed by atoms with Crippen LogP contribution in [0.1, 0.15) is 16.0 Å². The molecule has 0 atom stereocenters. The number of aryl methyl sites for hydroxylation is 1. The van der Waals surface area contributed by atoms with Gasteiger partial charge >= 0.3 is 15.9 Å².